The van der Waals surface area contributed by atoms with E-state index in [-0.39, 0.29) is 5.91 Å². The third-order valence-electron chi connectivity index (χ3n) is 3.79. The molecule has 0 bridgehead atoms. The van der Waals surface area contributed by atoms with Crippen LogP contribution < -0.4 is 15.4 Å². The first-order chi connectivity index (χ1) is 11.2. The van der Waals surface area contributed by atoms with Gasteiger partial charge in [-0.2, -0.15) is 0 Å². The first-order valence-corrected chi connectivity index (χ1v) is 7.88. The zero-order chi connectivity index (χ0) is 16.1. The molecular weight excluding hydrogens is 290 g/mol. The maximum Gasteiger partial charge on any atom is 0.251 e. The number of nitrogens with zero attached hydrogens (tertiary/aromatic N) is 1. The summed E-state index contributed by atoms with van der Waals surface area (Å²) in [6, 6.07) is 11.9. The minimum absolute atomic E-state index is 0.0225. The van der Waals surface area contributed by atoms with E-state index in [1.165, 1.54) is 5.56 Å². The van der Waals surface area contributed by atoms with Gasteiger partial charge in [-0.05, 0) is 49.1 Å². The summed E-state index contributed by atoms with van der Waals surface area (Å²) in [7, 11) is 1.67. The van der Waals surface area contributed by atoms with Crippen LogP contribution in [0.25, 0.3) is 0 Å². The highest BCUT2D eigenvalue weighted by Crippen LogP contribution is 2.19. The lowest BCUT2D eigenvalue weighted by Gasteiger charge is -2.08. The first kappa shape index (κ1) is 15.3. The molecule has 1 aromatic heterocycles. The molecule has 5 nitrogen and oxygen atoms in total. The molecule has 0 unspecified atom stereocenters. The molecule has 2 N–H and O–H groups in total. The predicted molar refractivity (Wildman–Crippen MR) is 89.9 cm³/mol. The Bertz CT molecular complexity index is 683. The quantitative estimate of drug-likeness (QED) is 0.825. The molecule has 120 valence electrons. The summed E-state index contributed by atoms with van der Waals surface area (Å²) in [5.74, 6) is 1.56. The van der Waals surface area contributed by atoms with Crippen molar-refractivity contribution in [2.24, 2.45) is 0 Å². The summed E-state index contributed by atoms with van der Waals surface area (Å²) < 4.78 is 5.22. The van der Waals surface area contributed by atoms with E-state index in [0.717, 1.165) is 37.4 Å². The molecule has 0 aliphatic heterocycles. The fourth-order valence-corrected chi connectivity index (χ4v) is 2.33. The molecule has 5 heteroatoms. The Morgan fingerprint density at radius 1 is 1.30 bits per heavy atom. The van der Waals surface area contributed by atoms with Gasteiger partial charge in [-0.3, -0.25) is 4.79 Å². The Kier molecular flexibility index (Phi) is 4.76. The van der Waals surface area contributed by atoms with Crippen molar-refractivity contribution in [1.29, 1.82) is 0 Å². The lowest BCUT2D eigenvalue weighted by atomic mass is 10.1. The number of carbonyl (C=O) groups is 1. The minimum atomic E-state index is -0.0225. The molecule has 1 aliphatic carbocycles. The molecule has 1 aromatic carbocycles. The van der Waals surface area contributed by atoms with Gasteiger partial charge in [0.2, 0.25) is 0 Å². The number of nitrogens with one attached hydrogen (secondary N) is 2. The second-order valence-electron chi connectivity index (χ2n) is 5.71. The van der Waals surface area contributed by atoms with Gasteiger partial charge in [0.05, 0.1) is 7.11 Å². The van der Waals surface area contributed by atoms with Gasteiger partial charge in [0.1, 0.15) is 11.6 Å². The number of ether oxygens (including phenoxy) is 1. The average Bonchev–Trinajstić information content (AvgIpc) is 3.39. The number of anilines is 1. The second-order valence-corrected chi connectivity index (χ2v) is 5.71. The molecular formula is C18H21N3O2. The highest BCUT2D eigenvalue weighted by molar-refractivity contribution is 5.95. The number of amides is 1. The van der Waals surface area contributed by atoms with Crippen LogP contribution >= 0.6 is 0 Å². The molecule has 23 heavy (non-hydrogen) atoms. The van der Waals surface area contributed by atoms with E-state index >= 15 is 0 Å². The fourth-order valence-electron chi connectivity index (χ4n) is 2.33. The fraction of sp³-hybridized carbons (Fsp3) is 0.333. The predicted octanol–water partition coefficient (Wildman–Crippen LogP) is 2.64. The summed E-state index contributed by atoms with van der Waals surface area (Å²) >= 11 is 0. The zero-order valence-corrected chi connectivity index (χ0v) is 13.2. The number of methoxy groups -OCH3 is 1. The molecule has 1 saturated carbocycles. The molecule has 1 amide bonds. The van der Waals surface area contributed by atoms with E-state index in [9.17, 15) is 4.79 Å². The van der Waals surface area contributed by atoms with Crippen LogP contribution in [0.2, 0.25) is 0 Å². The van der Waals surface area contributed by atoms with Crippen LogP contribution in [-0.2, 0) is 6.42 Å². The van der Waals surface area contributed by atoms with Crippen LogP contribution in [0.5, 0.6) is 5.75 Å². The maximum atomic E-state index is 12.0. The number of hydrogen-bond acceptors (Lipinski definition) is 4. The van der Waals surface area contributed by atoms with Crippen molar-refractivity contribution in [3.63, 3.8) is 0 Å². The molecule has 2 aromatic rings. The van der Waals surface area contributed by atoms with E-state index in [2.05, 4.69) is 21.7 Å². The van der Waals surface area contributed by atoms with Gasteiger partial charge in [-0.25, -0.2) is 4.98 Å². The van der Waals surface area contributed by atoms with E-state index < -0.39 is 0 Å². The van der Waals surface area contributed by atoms with Crippen molar-refractivity contribution >= 4 is 11.7 Å². The summed E-state index contributed by atoms with van der Waals surface area (Å²) in [5, 5.41) is 6.25. The number of rotatable bonds is 7. The minimum Gasteiger partial charge on any atom is -0.497 e. The summed E-state index contributed by atoms with van der Waals surface area (Å²) in [4.78, 5) is 16.3. The van der Waals surface area contributed by atoms with Gasteiger partial charge in [0, 0.05) is 24.3 Å². The SMILES string of the molecule is COc1cccc(CCNc2cc(C(=O)NC3CC3)ccn2)c1. The zero-order valence-electron chi connectivity index (χ0n) is 13.2. The molecule has 1 fully saturated rings. The average molecular weight is 311 g/mol. The summed E-state index contributed by atoms with van der Waals surface area (Å²) in [6.45, 7) is 0.744. The Hall–Kier alpha value is -2.56. The van der Waals surface area contributed by atoms with Crippen LogP contribution in [-0.4, -0.2) is 30.6 Å². The van der Waals surface area contributed by atoms with Crippen LogP contribution in [0.15, 0.2) is 42.6 Å². The van der Waals surface area contributed by atoms with Crippen molar-refractivity contribution in [3.8, 4) is 5.75 Å². The number of pyridine rings is 1. The van der Waals surface area contributed by atoms with Gasteiger partial charge in [-0.15, -0.1) is 0 Å². The molecule has 0 saturated heterocycles. The number of benzene rings is 1. The van der Waals surface area contributed by atoms with Gasteiger partial charge < -0.3 is 15.4 Å². The largest absolute Gasteiger partial charge is 0.497 e. The molecule has 1 aliphatic rings. The summed E-state index contributed by atoms with van der Waals surface area (Å²) in [5.41, 5.74) is 1.84. The third kappa shape index (κ3) is 4.45. The van der Waals surface area contributed by atoms with Crippen LogP contribution in [0.4, 0.5) is 5.82 Å². The Labute approximate surface area is 136 Å². The highest BCUT2D eigenvalue weighted by Gasteiger charge is 2.23. The Morgan fingerprint density at radius 3 is 2.96 bits per heavy atom. The molecule has 0 atom stereocenters. The van der Waals surface area contributed by atoms with E-state index in [1.807, 2.05) is 18.2 Å². The van der Waals surface area contributed by atoms with Crippen molar-refractivity contribution in [3.05, 3.63) is 53.7 Å². The van der Waals surface area contributed by atoms with Crippen molar-refractivity contribution in [1.82, 2.24) is 10.3 Å². The van der Waals surface area contributed by atoms with Crippen molar-refractivity contribution in [2.45, 2.75) is 25.3 Å². The summed E-state index contributed by atoms with van der Waals surface area (Å²) in [6.07, 6.45) is 4.69. The van der Waals surface area contributed by atoms with Crippen molar-refractivity contribution in [2.75, 3.05) is 19.0 Å². The van der Waals surface area contributed by atoms with E-state index in [0.29, 0.717) is 11.6 Å². The number of hydrogen-bond donors (Lipinski definition) is 2. The monoisotopic (exact) mass is 311 g/mol. The smallest absolute Gasteiger partial charge is 0.251 e. The normalized spacial score (nSPS) is 13.4. The lowest BCUT2D eigenvalue weighted by molar-refractivity contribution is 0.0951. The number of aromatic nitrogens is 1. The van der Waals surface area contributed by atoms with E-state index in [1.54, 1.807) is 25.4 Å². The van der Waals surface area contributed by atoms with Gasteiger partial charge >= 0.3 is 0 Å². The van der Waals surface area contributed by atoms with Gasteiger partial charge in [-0.1, -0.05) is 12.1 Å². The van der Waals surface area contributed by atoms with E-state index in [4.69, 9.17) is 4.74 Å². The van der Waals surface area contributed by atoms with Crippen LogP contribution in [0.3, 0.4) is 0 Å². The van der Waals surface area contributed by atoms with Crippen LogP contribution in [0, 0.1) is 0 Å². The Balaban J connectivity index is 1.54. The Morgan fingerprint density at radius 2 is 2.17 bits per heavy atom. The standard InChI is InChI=1S/C18H21N3O2/c1-23-16-4-2-3-13(11-16)7-9-19-17-12-14(8-10-20-17)18(22)21-15-5-6-15/h2-4,8,10-12,15H,5-7,9H2,1H3,(H,19,20)(H,21,22). The first-order valence-electron chi connectivity index (χ1n) is 7.88. The van der Waals surface area contributed by atoms with Gasteiger partial charge in [0.25, 0.3) is 5.91 Å². The number of carbonyl (C=O) groups excluding carboxylic acids is 1. The highest BCUT2D eigenvalue weighted by atomic mass is 16.5. The van der Waals surface area contributed by atoms with Crippen molar-refractivity contribution < 1.29 is 9.53 Å². The third-order valence-corrected chi connectivity index (χ3v) is 3.79. The topological polar surface area (TPSA) is 63.2 Å². The lowest BCUT2D eigenvalue weighted by Crippen LogP contribution is -2.25. The second kappa shape index (κ2) is 7.13. The molecule has 0 radical (unpaired) electrons. The molecule has 3 rings (SSSR count). The molecule has 1 heterocycles. The molecule has 0 spiro atoms. The maximum absolute atomic E-state index is 12.0. The van der Waals surface area contributed by atoms with Crippen LogP contribution in [0.1, 0.15) is 28.8 Å². The van der Waals surface area contributed by atoms with Gasteiger partial charge in [0.15, 0.2) is 0 Å².